The van der Waals surface area contributed by atoms with Gasteiger partial charge in [-0.2, -0.15) is 0 Å². The van der Waals surface area contributed by atoms with Crippen molar-refractivity contribution in [2.24, 2.45) is 0 Å². The van der Waals surface area contributed by atoms with Crippen LogP contribution in [0.25, 0.3) is 22.1 Å². The summed E-state index contributed by atoms with van der Waals surface area (Å²) in [5.41, 5.74) is 3.85. The molecule has 6 nitrogen and oxygen atoms in total. The van der Waals surface area contributed by atoms with Crippen molar-refractivity contribution in [1.29, 1.82) is 0 Å². The number of carbonyl (C=O) groups excluding carboxylic acids is 1. The molecule has 0 spiro atoms. The van der Waals surface area contributed by atoms with E-state index in [-0.39, 0.29) is 11.7 Å². The monoisotopic (exact) mass is 405 g/mol. The second-order valence-corrected chi connectivity index (χ2v) is 7.79. The lowest BCUT2D eigenvalue weighted by molar-refractivity contribution is -0.118. The van der Waals surface area contributed by atoms with E-state index >= 15 is 0 Å². The molecule has 0 atom stereocenters. The molecule has 0 fully saturated rings. The Morgan fingerprint density at radius 2 is 1.86 bits per heavy atom. The highest BCUT2D eigenvalue weighted by molar-refractivity contribution is 7.99. The fourth-order valence-electron chi connectivity index (χ4n) is 3.26. The smallest absolute Gasteiger partial charge is 0.230 e. The molecule has 4 aromatic rings. The molecule has 29 heavy (non-hydrogen) atoms. The van der Waals surface area contributed by atoms with Crippen LogP contribution in [0.4, 0.5) is 0 Å². The van der Waals surface area contributed by atoms with Gasteiger partial charge in [0.15, 0.2) is 5.65 Å². The van der Waals surface area contributed by atoms with Gasteiger partial charge < -0.3 is 9.88 Å². The third kappa shape index (κ3) is 4.40. The van der Waals surface area contributed by atoms with Gasteiger partial charge in [-0.3, -0.25) is 4.79 Å². The molecular weight excluding hydrogens is 382 g/mol. The Morgan fingerprint density at radius 3 is 2.69 bits per heavy atom. The van der Waals surface area contributed by atoms with Gasteiger partial charge in [0.05, 0.1) is 11.3 Å². The standard InChI is InChI=1S/C22H23N5OS/c1-2-3-13-23-19(28)15-29-22-24-21-20(25-26-22)17-11-7-8-12-18(17)27(21)14-16-9-5-4-6-10-16/h4-12H,2-3,13-15H2,1H3,(H,23,28). The number of benzene rings is 2. The van der Waals surface area contributed by atoms with Gasteiger partial charge >= 0.3 is 0 Å². The molecule has 2 aromatic heterocycles. The molecule has 1 N–H and O–H groups in total. The quantitative estimate of drug-likeness (QED) is 0.354. The lowest BCUT2D eigenvalue weighted by Gasteiger charge is -2.07. The SMILES string of the molecule is CCCCNC(=O)CSc1nnc2c3ccccc3n(Cc3ccccc3)c2n1. The number of fused-ring (bicyclic) bond motifs is 3. The number of amides is 1. The predicted octanol–water partition coefficient (Wildman–Crippen LogP) is 4.04. The maximum absolute atomic E-state index is 12.0. The van der Waals surface area contributed by atoms with Crippen molar-refractivity contribution >= 4 is 39.7 Å². The molecule has 0 unspecified atom stereocenters. The maximum Gasteiger partial charge on any atom is 0.230 e. The predicted molar refractivity (Wildman–Crippen MR) is 117 cm³/mol. The summed E-state index contributed by atoms with van der Waals surface area (Å²) in [4.78, 5) is 16.7. The molecule has 0 radical (unpaired) electrons. The minimum atomic E-state index is -0.00280. The van der Waals surface area contributed by atoms with Gasteiger partial charge in [0.1, 0.15) is 5.52 Å². The summed E-state index contributed by atoms with van der Waals surface area (Å²) in [6.07, 6.45) is 2.04. The number of thioether (sulfide) groups is 1. The highest BCUT2D eigenvalue weighted by atomic mass is 32.2. The second kappa shape index (κ2) is 9.05. The van der Waals surface area contributed by atoms with E-state index in [1.165, 1.54) is 17.3 Å². The minimum Gasteiger partial charge on any atom is -0.355 e. The Kier molecular flexibility index (Phi) is 6.05. The number of hydrogen-bond donors (Lipinski definition) is 1. The molecule has 4 rings (SSSR count). The summed E-state index contributed by atoms with van der Waals surface area (Å²) in [5, 5.41) is 13.2. The Morgan fingerprint density at radius 1 is 1.07 bits per heavy atom. The molecule has 7 heteroatoms. The largest absolute Gasteiger partial charge is 0.355 e. The molecule has 2 heterocycles. The van der Waals surface area contributed by atoms with E-state index in [0.717, 1.165) is 34.9 Å². The lowest BCUT2D eigenvalue weighted by atomic mass is 10.2. The number of aromatic nitrogens is 4. The normalized spacial score (nSPS) is 11.2. The van der Waals surface area contributed by atoms with Gasteiger partial charge in [-0.1, -0.05) is 73.6 Å². The van der Waals surface area contributed by atoms with E-state index in [0.29, 0.717) is 18.2 Å². The van der Waals surface area contributed by atoms with Gasteiger partial charge in [-0.25, -0.2) is 4.98 Å². The van der Waals surface area contributed by atoms with Gasteiger partial charge in [-0.05, 0) is 18.1 Å². The van der Waals surface area contributed by atoms with Crippen LogP contribution in [0.5, 0.6) is 0 Å². The highest BCUT2D eigenvalue weighted by Crippen LogP contribution is 2.27. The van der Waals surface area contributed by atoms with Crippen molar-refractivity contribution in [1.82, 2.24) is 25.1 Å². The van der Waals surface area contributed by atoms with Crippen LogP contribution in [0.3, 0.4) is 0 Å². The summed E-state index contributed by atoms with van der Waals surface area (Å²) in [6, 6.07) is 18.4. The second-order valence-electron chi connectivity index (χ2n) is 6.85. The zero-order valence-corrected chi connectivity index (χ0v) is 17.2. The van der Waals surface area contributed by atoms with Gasteiger partial charge in [0.25, 0.3) is 0 Å². The average Bonchev–Trinajstić information content (AvgIpc) is 3.06. The first-order valence-electron chi connectivity index (χ1n) is 9.81. The molecular formula is C22H23N5OS. The molecule has 0 aliphatic heterocycles. The van der Waals surface area contributed by atoms with E-state index in [1.807, 2.05) is 36.4 Å². The van der Waals surface area contributed by atoms with Crippen molar-refractivity contribution in [2.45, 2.75) is 31.5 Å². The summed E-state index contributed by atoms with van der Waals surface area (Å²) in [5.74, 6) is 0.285. The fraction of sp³-hybridized carbons (Fsp3) is 0.273. The van der Waals surface area contributed by atoms with Crippen LogP contribution in [0.15, 0.2) is 59.8 Å². The highest BCUT2D eigenvalue weighted by Gasteiger charge is 2.15. The van der Waals surface area contributed by atoms with Gasteiger partial charge in [0.2, 0.25) is 11.1 Å². The van der Waals surface area contributed by atoms with Crippen molar-refractivity contribution in [3.8, 4) is 0 Å². The average molecular weight is 406 g/mol. The third-order valence-electron chi connectivity index (χ3n) is 4.72. The number of nitrogens with one attached hydrogen (secondary N) is 1. The molecule has 2 aromatic carbocycles. The third-order valence-corrected chi connectivity index (χ3v) is 5.56. The Balaban J connectivity index is 1.63. The Labute approximate surface area is 173 Å². The number of carbonyl (C=O) groups is 1. The Bertz CT molecular complexity index is 1130. The molecule has 148 valence electrons. The number of hydrogen-bond acceptors (Lipinski definition) is 5. The van der Waals surface area contributed by atoms with Crippen LogP contribution in [0.2, 0.25) is 0 Å². The molecule has 0 bridgehead atoms. The minimum absolute atomic E-state index is 0.00280. The van der Waals surface area contributed by atoms with Gasteiger partial charge in [-0.15, -0.1) is 10.2 Å². The molecule has 0 aliphatic rings. The van der Waals surface area contributed by atoms with Crippen LogP contribution in [0.1, 0.15) is 25.3 Å². The number of para-hydroxylation sites is 1. The topological polar surface area (TPSA) is 72.7 Å². The molecule has 0 saturated carbocycles. The first kappa shape index (κ1) is 19.4. The fourth-order valence-corrected chi connectivity index (χ4v) is 3.87. The Hall–Kier alpha value is -2.93. The maximum atomic E-state index is 12.0. The molecule has 0 saturated heterocycles. The van der Waals surface area contributed by atoms with Crippen molar-refractivity contribution in [2.75, 3.05) is 12.3 Å². The van der Waals surface area contributed by atoms with Crippen molar-refractivity contribution in [3.63, 3.8) is 0 Å². The van der Waals surface area contributed by atoms with E-state index in [2.05, 4.69) is 45.2 Å². The van der Waals surface area contributed by atoms with Gasteiger partial charge in [0, 0.05) is 18.5 Å². The van der Waals surface area contributed by atoms with Crippen LogP contribution < -0.4 is 5.32 Å². The zero-order valence-electron chi connectivity index (χ0n) is 16.3. The first-order valence-corrected chi connectivity index (χ1v) is 10.8. The van der Waals surface area contributed by atoms with Crippen LogP contribution in [-0.2, 0) is 11.3 Å². The van der Waals surface area contributed by atoms with Crippen LogP contribution >= 0.6 is 11.8 Å². The number of unbranched alkanes of at least 4 members (excludes halogenated alkanes) is 1. The van der Waals surface area contributed by atoms with Crippen LogP contribution in [-0.4, -0.2) is 38.0 Å². The van der Waals surface area contributed by atoms with Crippen LogP contribution in [0, 0.1) is 0 Å². The van der Waals surface area contributed by atoms with E-state index in [1.54, 1.807) is 0 Å². The summed E-state index contributed by atoms with van der Waals surface area (Å²) >= 11 is 1.32. The number of rotatable bonds is 8. The summed E-state index contributed by atoms with van der Waals surface area (Å²) in [7, 11) is 0. The number of nitrogens with zero attached hydrogens (tertiary/aromatic N) is 4. The molecule has 0 aliphatic carbocycles. The van der Waals surface area contributed by atoms with E-state index < -0.39 is 0 Å². The van der Waals surface area contributed by atoms with Crippen molar-refractivity contribution in [3.05, 3.63) is 60.2 Å². The summed E-state index contributed by atoms with van der Waals surface area (Å²) in [6.45, 7) is 3.51. The first-order chi connectivity index (χ1) is 14.3. The van der Waals surface area contributed by atoms with E-state index in [9.17, 15) is 4.79 Å². The lowest BCUT2D eigenvalue weighted by Crippen LogP contribution is -2.26. The van der Waals surface area contributed by atoms with Crippen molar-refractivity contribution < 1.29 is 4.79 Å². The summed E-state index contributed by atoms with van der Waals surface area (Å²) < 4.78 is 2.17. The molecule has 1 amide bonds. The zero-order chi connectivity index (χ0) is 20.1. The van der Waals surface area contributed by atoms with E-state index in [4.69, 9.17) is 4.98 Å².